The Labute approximate surface area is 140 Å². The highest BCUT2D eigenvalue weighted by molar-refractivity contribution is 8.01. The molecule has 3 aliphatic rings. The predicted octanol–water partition coefficient (Wildman–Crippen LogP) is 2.47. The normalized spacial score (nSPS) is 24.3. The smallest absolute Gasteiger partial charge is 0.234 e. The van der Waals surface area contributed by atoms with Crippen LogP contribution in [0.3, 0.4) is 0 Å². The van der Waals surface area contributed by atoms with Crippen LogP contribution in [0.25, 0.3) is 0 Å². The molecule has 1 aliphatic carbocycles. The molecule has 1 aromatic heterocycles. The first kappa shape index (κ1) is 15.1. The molecule has 2 aliphatic heterocycles. The van der Waals surface area contributed by atoms with Gasteiger partial charge < -0.3 is 14.2 Å². The van der Waals surface area contributed by atoms with Crippen molar-refractivity contribution in [3.8, 4) is 0 Å². The van der Waals surface area contributed by atoms with E-state index in [1.165, 1.54) is 6.42 Å². The van der Waals surface area contributed by atoms with Gasteiger partial charge in [-0.3, -0.25) is 9.59 Å². The third-order valence-corrected chi connectivity index (χ3v) is 7.02. The lowest BCUT2D eigenvalue weighted by Crippen LogP contribution is -2.53. The van der Waals surface area contributed by atoms with Crippen molar-refractivity contribution in [1.29, 1.82) is 0 Å². The van der Waals surface area contributed by atoms with Crippen LogP contribution in [-0.4, -0.2) is 45.3 Å². The Bertz CT molecular complexity index is 589. The minimum absolute atomic E-state index is 0.153. The molecule has 23 heavy (non-hydrogen) atoms. The van der Waals surface area contributed by atoms with E-state index in [-0.39, 0.29) is 16.7 Å². The molecule has 0 atom stereocenters. The molecule has 6 heteroatoms. The third kappa shape index (κ3) is 2.67. The highest BCUT2D eigenvalue weighted by atomic mass is 32.2. The second-order valence-corrected chi connectivity index (χ2v) is 8.08. The Morgan fingerprint density at radius 3 is 2.74 bits per heavy atom. The summed E-state index contributed by atoms with van der Waals surface area (Å²) in [6.45, 7) is 2.07. The maximum Gasteiger partial charge on any atom is 0.234 e. The van der Waals surface area contributed by atoms with Crippen LogP contribution in [0.2, 0.25) is 0 Å². The first-order valence-electron chi connectivity index (χ1n) is 8.44. The number of carbonyl (C=O) groups excluding carboxylic acids is 2. The van der Waals surface area contributed by atoms with Gasteiger partial charge in [0.25, 0.3) is 0 Å². The molecule has 0 bridgehead atoms. The summed E-state index contributed by atoms with van der Waals surface area (Å²) in [6.07, 6.45) is 6.67. The van der Waals surface area contributed by atoms with Gasteiger partial charge in [-0.05, 0) is 37.8 Å². The van der Waals surface area contributed by atoms with Crippen LogP contribution in [0, 0.1) is 5.92 Å². The van der Waals surface area contributed by atoms with Crippen molar-refractivity contribution in [2.45, 2.75) is 43.5 Å². The number of nitrogens with zero attached hydrogens (tertiary/aromatic N) is 2. The van der Waals surface area contributed by atoms with E-state index in [0.717, 1.165) is 44.5 Å². The van der Waals surface area contributed by atoms with Crippen LogP contribution in [0.15, 0.2) is 22.8 Å². The zero-order chi connectivity index (χ0) is 15.9. The maximum absolute atomic E-state index is 12.4. The molecule has 4 rings (SSSR count). The standard InChI is InChI=1S/C17H22N2O3S/c20-15-12-23-17(19(15)11-14-5-2-10-22-14)6-8-18(9-7-17)16(21)13-3-1-4-13/h2,5,10,13H,1,3-4,6-9,11-12H2. The van der Waals surface area contributed by atoms with Gasteiger partial charge in [-0.25, -0.2) is 0 Å². The highest BCUT2D eigenvalue weighted by Gasteiger charge is 2.49. The van der Waals surface area contributed by atoms with Gasteiger partial charge in [0.1, 0.15) is 5.76 Å². The zero-order valence-corrected chi connectivity index (χ0v) is 14.0. The van der Waals surface area contributed by atoms with Crippen LogP contribution in [-0.2, 0) is 16.1 Å². The molecule has 124 valence electrons. The molecular formula is C17H22N2O3S. The van der Waals surface area contributed by atoms with E-state index >= 15 is 0 Å². The van der Waals surface area contributed by atoms with Gasteiger partial charge in [-0.15, -0.1) is 11.8 Å². The fourth-order valence-corrected chi connectivity index (χ4v) is 5.12. The van der Waals surface area contributed by atoms with Gasteiger partial charge in [0.05, 0.1) is 23.4 Å². The van der Waals surface area contributed by atoms with Crippen molar-refractivity contribution in [2.75, 3.05) is 18.8 Å². The Morgan fingerprint density at radius 1 is 1.35 bits per heavy atom. The summed E-state index contributed by atoms with van der Waals surface area (Å²) in [5, 5.41) is 0. The van der Waals surface area contributed by atoms with E-state index < -0.39 is 0 Å². The second-order valence-electron chi connectivity index (χ2n) is 6.75. The summed E-state index contributed by atoms with van der Waals surface area (Å²) in [4.78, 5) is 28.6. The van der Waals surface area contributed by atoms with E-state index in [1.54, 1.807) is 18.0 Å². The molecule has 0 aromatic carbocycles. The maximum atomic E-state index is 12.4. The van der Waals surface area contributed by atoms with Gasteiger partial charge >= 0.3 is 0 Å². The zero-order valence-electron chi connectivity index (χ0n) is 13.2. The van der Waals surface area contributed by atoms with Gasteiger partial charge in [0.15, 0.2) is 0 Å². The summed E-state index contributed by atoms with van der Waals surface area (Å²) in [5.41, 5.74) is 0. The summed E-state index contributed by atoms with van der Waals surface area (Å²) >= 11 is 1.74. The van der Waals surface area contributed by atoms with Crippen molar-refractivity contribution in [3.63, 3.8) is 0 Å². The first-order chi connectivity index (χ1) is 11.2. The van der Waals surface area contributed by atoms with E-state index in [2.05, 4.69) is 0 Å². The summed E-state index contributed by atoms with van der Waals surface area (Å²) in [7, 11) is 0. The lowest BCUT2D eigenvalue weighted by atomic mass is 9.84. The van der Waals surface area contributed by atoms with Crippen molar-refractivity contribution >= 4 is 23.6 Å². The van der Waals surface area contributed by atoms with E-state index in [9.17, 15) is 9.59 Å². The van der Waals surface area contributed by atoms with Gasteiger partial charge in [0, 0.05) is 19.0 Å². The molecule has 0 radical (unpaired) electrons. The molecule has 2 saturated heterocycles. The summed E-state index contributed by atoms with van der Waals surface area (Å²) in [5.74, 6) is 2.15. The first-order valence-corrected chi connectivity index (χ1v) is 9.42. The fraction of sp³-hybridized carbons (Fsp3) is 0.647. The van der Waals surface area contributed by atoms with Gasteiger partial charge in [-0.1, -0.05) is 6.42 Å². The monoisotopic (exact) mass is 334 g/mol. The Kier molecular flexibility index (Phi) is 3.87. The lowest BCUT2D eigenvalue weighted by molar-refractivity contribution is -0.141. The molecule has 2 amide bonds. The molecule has 3 fully saturated rings. The van der Waals surface area contributed by atoms with Crippen molar-refractivity contribution in [1.82, 2.24) is 9.80 Å². The van der Waals surface area contributed by atoms with Crippen molar-refractivity contribution in [3.05, 3.63) is 24.2 Å². The molecule has 0 unspecified atom stereocenters. The molecule has 1 spiro atoms. The number of furan rings is 1. The average molecular weight is 334 g/mol. The summed E-state index contributed by atoms with van der Waals surface area (Å²) < 4.78 is 5.42. The average Bonchev–Trinajstić information content (AvgIpc) is 3.11. The number of rotatable bonds is 3. The topological polar surface area (TPSA) is 53.8 Å². The number of hydrogen-bond acceptors (Lipinski definition) is 4. The van der Waals surface area contributed by atoms with E-state index in [4.69, 9.17) is 4.42 Å². The largest absolute Gasteiger partial charge is 0.467 e. The SMILES string of the molecule is O=C(C1CCC1)N1CCC2(CC1)SCC(=O)N2Cc1ccco1. The quantitative estimate of drug-likeness (QED) is 0.852. The minimum Gasteiger partial charge on any atom is -0.467 e. The van der Waals surface area contributed by atoms with Crippen LogP contribution >= 0.6 is 11.8 Å². The molecule has 1 saturated carbocycles. The minimum atomic E-state index is -0.153. The van der Waals surface area contributed by atoms with Crippen LogP contribution in [0.5, 0.6) is 0 Å². The number of thioether (sulfide) groups is 1. The number of likely N-dealkylation sites (tertiary alicyclic amines) is 1. The van der Waals surface area contributed by atoms with Gasteiger partial charge in [-0.2, -0.15) is 0 Å². The van der Waals surface area contributed by atoms with Crippen LogP contribution < -0.4 is 0 Å². The van der Waals surface area contributed by atoms with Crippen LogP contribution in [0.1, 0.15) is 37.9 Å². The number of carbonyl (C=O) groups is 2. The predicted molar refractivity (Wildman–Crippen MR) is 87.6 cm³/mol. The van der Waals surface area contributed by atoms with E-state index in [1.807, 2.05) is 21.9 Å². The number of amides is 2. The second kappa shape index (κ2) is 5.89. The number of piperidine rings is 1. The van der Waals surface area contributed by atoms with Crippen molar-refractivity contribution < 1.29 is 14.0 Å². The molecule has 3 heterocycles. The highest BCUT2D eigenvalue weighted by Crippen LogP contribution is 2.45. The molecular weight excluding hydrogens is 312 g/mol. The Balaban J connectivity index is 1.43. The van der Waals surface area contributed by atoms with E-state index in [0.29, 0.717) is 18.2 Å². The van der Waals surface area contributed by atoms with Gasteiger partial charge in [0.2, 0.25) is 11.8 Å². The lowest BCUT2D eigenvalue weighted by Gasteiger charge is -2.45. The Morgan fingerprint density at radius 2 is 2.13 bits per heavy atom. The molecule has 0 N–H and O–H groups in total. The summed E-state index contributed by atoms with van der Waals surface area (Å²) in [6, 6.07) is 3.77. The molecule has 5 nitrogen and oxygen atoms in total. The fourth-order valence-electron chi connectivity index (χ4n) is 3.77. The Hall–Kier alpha value is -1.43. The third-order valence-electron chi connectivity index (χ3n) is 5.46. The number of hydrogen-bond donors (Lipinski definition) is 0. The van der Waals surface area contributed by atoms with Crippen LogP contribution in [0.4, 0.5) is 0 Å². The van der Waals surface area contributed by atoms with Crippen molar-refractivity contribution in [2.24, 2.45) is 5.92 Å². The molecule has 1 aromatic rings.